The van der Waals surface area contributed by atoms with Gasteiger partial charge in [-0.3, -0.25) is 9.59 Å². The molecule has 0 N–H and O–H groups in total. The molecular weight excluding hydrogens is 375 g/mol. The average Bonchev–Trinajstić information content (AvgIpc) is 2.64. The topological polar surface area (TPSA) is 49.9 Å². The molecule has 1 saturated heterocycles. The van der Waals surface area contributed by atoms with E-state index in [9.17, 15) is 9.59 Å². The highest BCUT2D eigenvalue weighted by Crippen LogP contribution is 2.32. The van der Waals surface area contributed by atoms with Crippen molar-refractivity contribution in [3.05, 3.63) is 28.2 Å². The molecule has 1 aliphatic heterocycles. The Labute approximate surface area is 165 Å². The molecule has 1 aliphatic rings. The first-order chi connectivity index (χ1) is 12.5. The summed E-state index contributed by atoms with van der Waals surface area (Å²) in [7, 11) is 0. The minimum atomic E-state index is -0.158. The number of unbranched alkanes of at least 4 members (excludes halogenated alkanes) is 2. The maximum Gasteiger partial charge on any atom is 0.305 e. The van der Waals surface area contributed by atoms with Crippen molar-refractivity contribution in [1.29, 1.82) is 0 Å². The largest absolute Gasteiger partial charge is 0.466 e. The van der Waals surface area contributed by atoms with Gasteiger partial charge in [-0.15, -0.1) is 0 Å². The first-order valence-corrected chi connectivity index (χ1v) is 9.91. The number of carbonyl (C=O) groups is 2. The molecule has 26 heavy (non-hydrogen) atoms. The molecule has 1 fully saturated rings. The van der Waals surface area contributed by atoms with E-state index >= 15 is 0 Å². The zero-order valence-electron chi connectivity index (χ0n) is 15.2. The van der Waals surface area contributed by atoms with Crippen LogP contribution in [-0.4, -0.2) is 49.6 Å². The van der Waals surface area contributed by atoms with Crippen LogP contribution in [0.2, 0.25) is 10.0 Å². The van der Waals surface area contributed by atoms with Crippen LogP contribution in [0.15, 0.2) is 18.2 Å². The van der Waals surface area contributed by atoms with Crippen LogP contribution in [0, 0.1) is 0 Å². The summed E-state index contributed by atoms with van der Waals surface area (Å²) < 4.78 is 4.89. The Kier molecular flexibility index (Phi) is 8.52. The van der Waals surface area contributed by atoms with Gasteiger partial charge in [0.15, 0.2) is 0 Å². The molecule has 0 radical (unpaired) electrons. The van der Waals surface area contributed by atoms with Gasteiger partial charge < -0.3 is 14.5 Å². The van der Waals surface area contributed by atoms with Crippen LogP contribution in [0.25, 0.3) is 0 Å². The fourth-order valence-corrected chi connectivity index (χ4v) is 3.46. The van der Waals surface area contributed by atoms with Gasteiger partial charge in [-0.05, 0) is 31.9 Å². The predicted molar refractivity (Wildman–Crippen MR) is 105 cm³/mol. The third kappa shape index (κ3) is 6.06. The molecule has 0 atom stereocenters. The Bertz CT molecular complexity index is 617. The molecule has 1 heterocycles. The maximum absolute atomic E-state index is 12.3. The van der Waals surface area contributed by atoms with Gasteiger partial charge in [0.1, 0.15) is 0 Å². The minimum Gasteiger partial charge on any atom is -0.466 e. The van der Waals surface area contributed by atoms with Crippen LogP contribution >= 0.6 is 23.2 Å². The van der Waals surface area contributed by atoms with E-state index in [2.05, 4.69) is 4.90 Å². The second-order valence-corrected chi connectivity index (χ2v) is 7.09. The van der Waals surface area contributed by atoms with E-state index in [1.807, 2.05) is 17.0 Å². The summed E-state index contributed by atoms with van der Waals surface area (Å²) in [6.07, 6.45) is 3.40. The molecule has 1 aromatic rings. The van der Waals surface area contributed by atoms with Gasteiger partial charge in [0.05, 0.1) is 22.3 Å². The third-order valence-corrected chi connectivity index (χ3v) is 5.29. The molecule has 1 aromatic carbocycles. The van der Waals surface area contributed by atoms with Crippen molar-refractivity contribution >= 4 is 40.8 Å². The van der Waals surface area contributed by atoms with Gasteiger partial charge in [0, 0.05) is 39.0 Å². The van der Waals surface area contributed by atoms with Gasteiger partial charge >= 0.3 is 5.97 Å². The Morgan fingerprint density at radius 3 is 2.42 bits per heavy atom. The van der Waals surface area contributed by atoms with E-state index in [1.165, 1.54) is 0 Å². The van der Waals surface area contributed by atoms with Crippen LogP contribution in [0.5, 0.6) is 0 Å². The number of benzene rings is 1. The molecule has 5 nitrogen and oxygen atoms in total. The smallest absolute Gasteiger partial charge is 0.305 e. The Morgan fingerprint density at radius 1 is 1.04 bits per heavy atom. The van der Waals surface area contributed by atoms with Crippen LogP contribution in [0.3, 0.4) is 0 Å². The van der Waals surface area contributed by atoms with Crippen molar-refractivity contribution in [2.75, 3.05) is 37.7 Å². The van der Waals surface area contributed by atoms with Crippen molar-refractivity contribution in [2.24, 2.45) is 0 Å². The summed E-state index contributed by atoms with van der Waals surface area (Å²) in [6, 6.07) is 5.61. The molecule has 0 spiro atoms. The highest BCUT2D eigenvalue weighted by Gasteiger charge is 2.22. The quantitative estimate of drug-likeness (QED) is 0.485. The summed E-state index contributed by atoms with van der Waals surface area (Å²) in [5.41, 5.74) is 0.922. The highest BCUT2D eigenvalue weighted by molar-refractivity contribution is 6.43. The number of anilines is 1. The third-order valence-electron chi connectivity index (χ3n) is 4.48. The fraction of sp³-hybridized carbons (Fsp3) is 0.579. The lowest BCUT2D eigenvalue weighted by molar-refractivity contribution is -0.143. The van der Waals surface area contributed by atoms with Crippen LogP contribution in [0.4, 0.5) is 5.69 Å². The van der Waals surface area contributed by atoms with Crippen molar-refractivity contribution in [1.82, 2.24) is 4.90 Å². The van der Waals surface area contributed by atoms with E-state index < -0.39 is 0 Å². The lowest BCUT2D eigenvalue weighted by atomic mass is 10.1. The number of ether oxygens (including phenoxy) is 1. The first-order valence-electron chi connectivity index (χ1n) is 9.15. The minimum absolute atomic E-state index is 0.158. The molecule has 1 amide bonds. The van der Waals surface area contributed by atoms with E-state index in [-0.39, 0.29) is 11.9 Å². The number of nitrogens with zero attached hydrogens (tertiary/aromatic N) is 2. The molecule has 0 saturated carbocycles. The Balaban J connectivity index is 1.68. The predicted octanol–water partition coefficient (Wildman–Crippen LogP) is 4.16. The lowest BCUT2D eigenvalue weighted by Gasteiger charge is -2.36. The standard InChI is InChI=1S/C19H26Cl2N2O3/c1-2-26-18(25)10-5-3-4-9-17(24)23-13-11-22(12-14-23)16-8-6-7-15(20)19(16)21/h6-8H,2-5,9-14H2,1H3. The number of hydrogen-bond acceptors (Lipinski definition) is 4. The monoisotopic (exact) mass is 400 g/mol. The van der Waals surface area contributed by atoms with Crippen LogP contribution < -0.4 is 4.90 Å². The molecule has 2 rings (SSSR count). The molecule has 144 valence electrons. The fourth-order valence-electron chi connectivity index (χ4n) is 3.05. The van der Waals surface area contributed by atoms with Crippen molar-refractivity contribution in [3.8, 4) is 0 Å². The van der Waals surface area contributed by atoms with E-state index in [4.69, 9.17) is 27.9 Å². The van der Waals surface area contributed by atoms with Gasteiger partial charge in [0.25, 0.3) is 0 Å². The van der Waals surface area contributed by atoms with E-state index in [1.54, 1.807) is 13.0 Å². The zero-order chi connectivity index (χ0) is 18.9. The SMILES string of the molecule is CCOC(=O)CCCCCC(=O)N1CCN(c2cccc(Cl)c2Cl)CC1. The van der Waals surface area contributed by atoms with Crippen molar-refractivity contribution in [3.63, 3.8) is 0 Å². The number of hydrogen-bond donors (Lipinski definition) is 0. The van der Waals surface area contributed by atoms with E-state index in [0.29, 0.717) is 42.6 Å². The zero-order valence-corrected chi connectivity index (χ0v) is 16.7. The number of piperazine rings is 1. The van der Waals surface area contributed by atoms with Crippen molar-refractivity contribution in [2.45, 2.75) is 39.0 Å². The number of halogens is 2. The molecule has 0 aliphatic carbocycles. The second kappa shape index (κ2) is 10.6. The second-order valence-electron chi connectivity index (χ2n) is 6.31. The molecule has 7 heteroatoms. The summed E-state index contributed by atoms with van der Waals surface area (Å²) in [6.45, 7) is 5.08. The normalized spacial score (nSPS) is 14.4. The van der Waals surface area contributed by atoms with Crippen LogP contribution in [0.1, 0.15) is 39.0 Å². The molecule has 0 bridgehead atoms. The summed E-state index contributed by atoms with van der Waals surface area (Å²) in [5.74, 6) is 0.0209. The number of rotatable bonds is 8. The summed E-state index contributed by atoms with van der Waals surface area (Å²) >= 11 is 12.4. The molecule has 0 aromatic heterocycles. The maximum atomic E-state index is 12.3. The Hall–Kier alpha value is -1.46. The Morgan fingerprint density at radius 2 is 1.73 bits per heavy atom. The molecular formula is C19H26Cl2N2O3. The number of esters is 1. The van der Waals surface area contributed by atoms with Crippen molar-refractivity contribution < 1.29 is 14.3 Å². The number of carbonyl (C=O) groups excluding carboxylic acids is 2. The van der Waals surface area contributed by atoms with E-state index in [0.717, 1.165) is 38.0 Å². The van der Waals surface area contributed by atoms with Gasteiger partial charge in [-0.2, -0.15) is 0 Å². The molecule has 0 unspecified atom stereocenters. The lowest BCUT2D eigenvalue weighted by Crippen LogP contribution is -2.48. The van der Waals surface area contributed by atoms with Gasteiger partial charge in [-0.1, -0.05) is 35.7 Å². The van der Waals surface area contributed by atoms with Gasteiger partial charge in [0.2, 0.25) is 5.91 Å². The summed E-state index contributed by atoms with van der Waals surface area (Å²) in [4.78, 5) is 27.7. The highest BCUT2D eigenvalue weighted by atomic mass is 35.5. The van der Waals surface area contributed by atoms with Crippen LogP contribution in [-0.2, 0) is 14.3 Å². The summed E-state index contributed by atoms with van der Waals surface area (Å²) in [5, 5.41) is 1.11. The average molecular weight is 401 g/mol. The first kappa shape index (κ1) is 20.8. The van der Waals surface area contributed by atoms with Gasteiger partial charge in [-0.25, -0.2) is 0 Å². The number of amides is 1.